The average molecular weight is 325 g/mol. The molecule has 0 amide bonds. The number of ether oxygens (including phenoxy) is 1. The summed E-state index contributed by atoms with van der Waals surface area (Å²) < 4.78 is 5.90. The van der Waals surface area contributed by atoms with Crippen molar-refractivity contribution >= 4 is 0 Å². The molecule has 2 N–H and O–H groups in total. The Balaban J connectivity index is 1.82. The van der Waals surface area contributed by atoms with Crippen LogP contribution in [0.2, 0.25) is 0 Å². The molecule has 0 spiro atoms. The zero-order chi connectivity index (χ0) is 17.0. The lowest BCUT2D eigenvalue weighted by Crippen LogP contribution is -2.26. The van der Waals surface area contributed by atoms with Crippen molar-refractivity contribution < 1.29 is 4.74 Å². The van der Waals surface area contributed by atoms with Crippen LogP contribution < -0.4 is 5.73 Å². The van der Waals surface area contributed by atoms with Gasteiger partial charge in [-0.15, -0.1) is 0 Å². The molecule has 0 saturated carbocycles. The van der Waals surface area contributed by atoms with E-state index in [0.29, 0.717) is 12.5 Å². The highest BCUT2D eigenvalue weighted by Crippen LogP contribution is 2.17. The lowest BCUT2D eigenvalue weighted by Gasteiger charge is -2.19. The van der Waals surface area contributed by atoms with E-state index < -0.39 is 0 Å². The number of rotatable bonds is 11. The molecule has 2 heteroatoms. The minimum atomic E-state index is 0.161. The third-order valence-electron chi connectivity index (χ3n) is 4.58. The molecule has 0 aromatic heterocycles. The molecule has 0 aliphatic carbocycles. The van der Waals surface area contributed by atoms with Crippen LogP contribution in [0.3, 0.4) is 0 Å². The third-order valence-corrected chi connectivity index (χ3v) is 4.58. The summed E-state index contributed by atoms with van der Waals surface area (Å²) in [5, 5.41) is 0. The first-order valence-electron chi connectivity index (χ1n) is 9.19. The van der Waals surface area contributed by atoms with Gasteiger partial charge in [-0.25, -0.2) is 0 Å². The molecule has 2 rings (SSSR count). The first-order valence-corrected chi connectivity index (χ1v) is 9.19. The van der Waals surface area contributed by atoms with Gasteiger partial charge in [0.05, 0.1) is 6.61 Å². The molecule has 2 aromatic carbocycles. The van der Waals surface area contributed by atoms with Gasteiger partial charge in [0.15, 0.2) is 0 Å². The normalized spacial score (nSPS) is 12.5. The van der Waals surface area contributed by atoms with E-state index in [4.69, 9.17) is 10.5 Å². The topological polar surface area (TPSA) is 35.2 Å². The van der Waals surface area contributed by atoms with Crippen molar-refractivity contribution in [3.63, 3.8) is 0 Å². The smallest absolute Gasteiger partial charge is 0.0617 e. The molecule has 0 aliphatic rings. The molecule has 0 bridgehead atoms. The van der Waals surface area contributed by atoms with Crippen LogP contribution in [-0.4, -0.2) is 19.3 Å². The van der Waals surface area contributed by atoms with Crippen molar-refractivity contribution in [2.75, 3.05) is 13.2 Å². The van der Waals surface area contributed by atoms with E-state index in [1.165, 1.54) is 11.1 Å². The number of benzene rings is 2. The second-order valence-corrected chi connectivity index (χ2v) is 6.62. The summed E-state index contributed by atoms with van der Waals surface area (Å²) in [4.78, 5) is 0. The quantitative estimate of drug-likeness (QED) is 0.654. The van der Waals surface area contributed by atoms with Crippen LogP contribution in [0.5, 0.6) is 0 Å². The van der Waals surface area contributed by atoms with E-state index in [0.717, 1.165) is 38.7 Å². The Morgan fingerprint density at radius 1 is 0.792 bits per heavy atom. The monoisotopic (exact) mass is 325 g/mol. The fraction of sp³-hybridized carbons (Fsp3) is 0.455. The predicted molar refractivity (Wildman–Crippen MR) is 102 cm³/mol. The summed E-state index contributed by atoms with van der Waals surface area (Å²) in [5.74, 6) is 0.578. The Labute approximate surface area is 147 Å². The van der Waals surface area contributed by atoms with Gasteiger partial charge in [0.25, 0.3) is 0 Å². The molecular weight excluding hydrogens is 294 g/mol. The average Bonchev–Trinajstić information content (AvgIpc) is 2.65. The van der Waals surface area contributed by atoms with Crippen LogP contribution in [0.15, 0.2) is 60.7 Å². The highest BCUT2D eigenvalue weighted by Gasteiger charge is 2.11. The van der Waals surface area contributed by atoms with Gasteiger partial charge in [0.1, 0.15) is 0 Å². The molecule has 1 atom stereocenters. The van der Waals surface area contributed by atoms with Crippen molar-refractivity contribution in [3.8, 4) is 0 Å². The van der Waals surface area contributed by atoms with Crippen LogP contribution in [0, 0.1) is 5.92 Å². The SMILES string of the molecule is CCC(N)COCC(CCc1ccccc1)CCc1ccccc1. The molecule has 0 fully saturated rings. The molecule has 0 radical (unpaired) electrons. The lowest BCUT2D eigenvalue weighted by atomic mass is 9.94. The van der Waals surface area contributed by atoms with Crippen molar-refractivity contribution in [1.82, 2.24) is 0 Å². The van der Waals surface area contributed by atoms with E-state index in [9.17, 15) is 0 Å². The Morgan fingerprint density at radius 2 is 1.29 bits per heavy atom. The van der Waals surface area contributed by atoms with Crippen LogP contribution >= 0.6 is 0 Å². The van der Waals surface area contributed by atoms with Crippen molar-refractivity contribution in [1.29, 1.82) is 0 Å². The minimum absolute atomic E-state index is 0.161. The van der Waals surface area contributed by atoms with Gasteiger partial charge < -0.3 is 10.5 Å². The molecule has 2 nitrogen and oxygen atoms in total. The van der Waals surface area contributed by atoms with E-state index >= 15 is 0 Å². The first-order chi connectivity index (χ1) is 11.8. The van der Waals surface area contributed by atoms with Gasteiger partial charge in [0.2, 0.25) is 0 Å². The standard InChI is InChI=1S/C22H31NO/c1-2-22(23)18-24-17-21(15-13-19-9-5-3-6-10-19)16-14-20-11-7-4-8-12-20/h3-12,21-22H,2,13-18,23H2,1H3. The molecule has 2 aromatic rings. The van der Waals surface area contributed by atoms with Crippen LogP contribution in [0.1, 0.15) is 37.3 Å². The first kappa shape index (κ1) is 18.7. The molecule has 130 valence electrons. The Kier molecular flexibility index (Phi) is 8.58. The van der Waals surface area contributed by atoms with Gasteiger partial charge in [-0.1, -0.05) is 67.6 Å². The number of nitrogens with two attached hydrogens (primary N) is 1. The fourth-order valence-electron chi connectivity index (χ4n) is 2.85. The summed E-state index contributed by atoms with van der Waals surface area (Å²) in [6.07, 6.45) is 5.53. The number of hydrogen-bond donors (Lipinski definition) is 1. The van der Waals surface area contributed by atoms with Crippen LogP contribution in [0.25, 0.3) is 0 Å². The second kappa shape index (κ2) is 11.0. The number of aryl methyl sites for hydroxylation is 2. The zero-order valence-corrected chi connectivity index (χ0v) is 14.9. The summed E-state index contributed by atoms with van der Waals surface area (Å²) >= 11 is 0. The maximum atomic E-state index is 5.96. The van der Waals surface area contributed by atoms with Crippen molar-refractivity contribution in [3.05, 3.63) is 71.8 Å². The lowest BCUT2D eigenvalue weighted by molar-refractivity contribution is 0.0825. The third kappa shape index (κ3) is 7.29. The Bertz CT molecular complexity index is 497. The largest absolute Gasteiger partial charge is 0.380 e. The summed E-state index contributed by atoms with van der Waals surface area (Å²) in [6, 6.07) is 21.6. The summed E-state index contributed by atoms with van der Waals surface area (Å²) in [6.45, 7) is 3.59. The maximum absolute atomic E-state index is 5.96. The summed E-state index contributed by atoms with van der Waals surface area (Å²) in [5.41, 5.74) is 8.78. The van der Waals surface area contributed by atoms with E-state index in [1.807, 2.05) is 0 Å². The van der Waals surface area contributed by atoms with Gasteiger partial charge in [-0.2, -0.15) is 0 Å². The van der Waals surface area contributed by atoms with Gasteiger partial charge in [0, 0.05) is 12.6 Å². The van der Waals surface area contributed by atoms with E-state index in [2.05, 4.69) is 67.6 Å². The van der Waals surface area contributed by atoms with E-state index in [-0.39, 0.29) is 6.04 Å². The molecular formula is C22H31NO. The fourth-order valence-corrected chi connectivity index (χ4v) is 2.85. The second-order valence-electron chi connectivity index (χ2n) is 6.62. The minimum Gasteiger partial charge on any atom is -0.380 e. The zero-order valence-electron chi connectivity index (χ0n) is 14.9. The van der Waals surface area contributed by atoms with Crippen molar-refractivity contribution in [2.24, 2.45) is 11.7 Å². The number of hydrogen-bond acceptors (Lipinski definition) is 2. The molecule has 0 aliphatic heterocycles. The molecule has 1 unspecified atom stereocenters. The highest BCUT2D eigenvalue weighted by atomic mass is 16.5. The molecule has 24 heavy (non-hydrogen) atoms. The van der Waals surface area contributed by atoms with Gasteiger partial charge >= 0.3 is 0 Å². The summed E-state index contributed by atoms with van der Waals surface area (Å²) in [7, 11) is 0. The van der Waals surface area contributed by atoms with Gasteiger partial charge in [-0.05, 0) is 49.1 Å². The van der Waals surface area contributed by atoms with E-state index in [1.54, 1.807) is 0 Å². The maximum Gasteiger partial charge on any atom is 0.0617 e. The Morgan fingerprint density at radius 3 is 1.75 bits per heavy atom. The predicted octanol–water partition coefficient (Wildman–Crippen LogP) is 4.62. The highest BCUT2D eigenvalue weighted by molar-refractivity contribution is 5.15. The van der Waals surface area contributed by atoms with Crippen molar-refractivity contribution in [2.45, 2.75) is 45.1 Å². The Hall–Kier alpha value is -1.64. The van der Waals surface area contributed by atoms with Gasteiger partial charge in [-0.3, -0.25) is 0 Å². The molecule has 0 heterocycles. The molecule has 0 saturated heterocycles. The van der Waals surface area contributed by atoms with Crippen LogP contribution in [-0.2, 0) is 17.6 Å². The van der Waals surface area contributed by atoms with Crippen LogP contribution in [0.4, 0.5) is 0 Å².